The number of sulfonamides is 1. The van der Waals surface area contributed by atoms with Crippen molar-refractivity contribution in [2.75, 3.05) is 25.9 Å². The van der Waals surface area contributed by atoms with E-state index in [1.807, 2.05) is 6.92 Å². The van der Waals surface area contributed by atoms with Gasteiger partial charge >= 0.3 is 0 Å². The molecule has 0 N–H and O–H groups in total. The molecule has 1 aliphatic heterocycles. The summed E-state index contributed by atoms with van der Waals surface area (Å²) in [5.74, 6) is 0. The minimum atomic E-state index is -3.07. The van der Waals surface area contributed by atoms with Gasteiger partial charge in [0.05, 0.1) is 6.26 Å². The van der Waals surface area contributed by atoms with E-state index in [0.29, 0.717) is 6.54 Å². The van der Waals surface area contributed by atoms with Crippen LogP contribution >= 0.6 is 22.6 Å². The molecule has 1 aromatic carbocycles. The van der Waals surface area contributed by atoms with Gasteiger partial charge in [0.1, 0.15) is 0 Å². The fraction of sp³-hybridized carbons (Fsp3) is 0.538. The van der Waals surface area contributed by atoms with Gasteiger partial charge in [0, 0.05) is 35.8 Å². The van der Waals surface area contributed by atoms with Gasteiger partial charge in [-0.25, -0.2) is 8.42 Å². The maximum absolute atomic E-state index is 11.6. The number of hydrogen-bond donors (Lipinski definition) is 0. The third-order valence-electron chi connectivity index (χ3n) is 3.37. The third-order valence-corrected chi connectivity index (χ3v) is 5.44. The lowest BCUT2D eigenvalue weighted by atomic mass is 10.1. The smallest absolute Gasteiger partial charge is 0.211 e. The van der Waals surface area contributed by atoms with Gasteiger partial charge in [-0.3, -0.25) is 4.90 Å². The molecule has 1 atom stereocenters. The monoisotopic (exact) mass is 394 g/mol. The second-order valence-corrected chi connectivity index (χ2v) is 8.27. The van der Waals surface area contributed by atoms with Crippen LogP contribution in [-0.2, 0) is 16.6 Å². The molecule has 1 heterocycles. The lowest BCUT2D eigenvalue weighted by molar-refractivity contribution is 0.138. The van der Waals surface area contributed by atoms with Gasteiger partial charge in [0.25, 0.3) is 0 Å². The van der Waals surface area contributed by atoms with Crippen LogP contribution in [0.3, 0.4) is 0 Å². The Kier molecular flexibility index (Phi) is 4.86. The molecule has 2 rings (SSSR count). The summed E-state index contributed by atoms with van der Waals surface area (Å²) in [4.78, 5) is 2.32. The molecule has 0 radical (unpaired) electrons. The number of piperazine rings is 1. The van der Waals surface area contributed by atoms with E-state index in [0.717, 1.165) is 19.6 Å². The molecule has 1 fully saturated rings. The molecule has 0 aliphatic carbocycles. The SMILES string of the molecule is CC1CN(Cc2cccc(I)c2)CCN1S(C)(=O)=O. The van der Waals surface area contributed by atoms with E-state index < -0.39 is 10.0 Å². The van der Waals surface area contributed by atoms with Crippen molar-refractivity contribution in [2.45, 2.75) is 19.5 Å². The molecule has 1 aliphatic rings. The third kappa shape index (κ3) is 4.14. The minimum absolute atomic E-state index is 0.0477. The van der Waals surface area contributed by atoms with Gasteiger partial charge in [-0.15, -0.1) is 0 Å². The number of halogens is 1. The average Bonchev–Trinajstić information content (AvgIpc) is 2.27. The van der Waals surface area contributed by atoms with Crippen molar-refractivity contribution < 1.29 is 8.42 Å². The van der Waals surface area contributed by atoms with Gasteiger partial charge in [-0.1, -0.05) is 12.1 Å². The van der Waals surface area contributed by atoms with E-state index in [9.17, 15) is 8.42 Å². The highest BCUT2D eigenvalue weighted by molar-refractivity contribution is 14.1. The highest BCUT2D eigenvalue weighted by Gasteiger charge is 2.29. The first kappa shape index (κ1) is 15.2. The number of rotatable bonds is 3. The van der Waals surface area contributed by atoms with Crippen LogP contribution in [0.1, 0.15) is 12.5 Å². The molecule has 1 unspecified atom stereocenters. The van der Waals surface area contributed by atoms with Crippen molar-refractivity contribution in [1.82, 2.24) is 9.21 Å². The second-order valence-electron chi connectivity index (χ2n) is 5.09. The molecule has 6 heteroatoms. The van der Waals surface area contributed by atoms with E-state index in [-0.39, 0.29) is 6.04 Å². The molecule has 19 heavy (non-hydrogen) atoms. The summed E-state index contributed by atoms with van der Waals surface area (Å²) in [6.07, 6.45) is 1.29. The van der Waals surface area contributed by atoms with Gasteiger partial charge in [-0.05, 0) is 47.2 Å². The van der Waals surface area contributed by atoms with Gasteiger partial charge < -0.3 is 0 Å². The Morgan fingerprint density at radius 3 is 2.68 bits per heavy atom. The van der Waals surface area contributed by atoms with Crippen molar-refractivity contribution in [3.05, 3.63) is 33.4 Å². The van der Waals surface area contributed by atoms with Gasteiger partial charge in [0.15, 0.2) is 0 Å². The van der Waals surface area contributed by atoms with Crippen molar-refractivity contribution in [1.29, 1.82) is 0 Å². The molecule has 0 saturated carbocycles. The van der Waals surface area contributed by atoms with Crippen LogP contribution in [0.25, 0.3) is 0 Å². The Morgan fingerprint density at radius 1 is 1.37 bits per heavy atom. The van der Waals surface area contributed by atoms with Crippen LogP contribution in [0.2, 0.25) is 0 Å². The molecule has 0 bridgehead atoms. The highest BCUT2D eigenvalue weighted by atomic mass is 127. The fourth-order valence-electron chi connectivity index (χ4n) is 2.55. The predicted molar refractivity (Wildman–Crippen MR) is 85.4 cm³/mol. The lowest BCUT2D eigenvalue weighted by Gasteiger charge is -2.38. The van der Waals surface area contributed by atoms with E-state index >= 15 is 0 Å². The summed E-state index contributed by atoms with van der Waals surface area (Å²) in [5.41, 5.74) is 1.28. The minimum Gasteiger partial charge on any atom is -0.296 e. The topological polar surface area (TPSA) is 40.6 Å². The Morgan fingerprint density at radius 2 is 2.11 bits per heavy atom. The number of hydrogen-bond acceptors (Lipinski definition) is 3. The van der Waals surface area contributed by atoms with Crippen LogP contribution in [0.15, 0.2) is 24.3 Å². The molecule has 0 amide bonds. The van der Waals surface area contributed by atoms with Gasteiger partial charge in [0.2, 0.25) is 10.0 Å². The van der Waals surface area contributed by atoms with Crippen LogP contribution in [0.5, 0.6) is 0 Å². The lowest BCUT2D eigenvalue weighted by Crippen LogP contribution is -2.53. The fourth-order valence-corrected chi connectivity index (χ4v) is 4.29. The summed E-state index contributed by atoms with van der Waals surface area (Å²) in [6.45, 7) is 5.03. The summed E-state index contributed by atoms with van der Waals surface area (Å²) in [5, 5.41) is 0. The van der Waals surface area contributed by atoms with Crippen molar-refractivity contribution in [3.63, 3.8) is 0 Å². The zero-order valence-electron chi connectivity index (χ0n) is 11.2. The summed E-state index contributed by atoms with van der Waals surface area (Å²) in [7, 11) is -3.07. The Labute approximate surface area is 129 Å². The van der Waals surface area contributed by atoms with E-state index in [1.54, 1.807) is 4.31 Å². The van der Waals surface area contributed by atoms with Crippen molar-refractivity contribution in [2.24, 2.45) is 0 Å². The zero-order chi connectivity index (χ0) is 14.0. The second kappa shape index (κ2) is 6.07. The Hall–Kier alpha value is -0.180. The summed E-state index contributed by atoms with van der Waals surface area (Å²) < 4.78 is 26.1. The molecule has 1 saturated heterocycles. The maximum atomic E-state index is 11.6. The number of nitrogens with zero attached hydrogens (tertiary/aromatic N) is 2. The van der Waals surface area contributed by atoms with Crippen LogP contribution in [-0.4, -0.2) is 49.6 Å². The number of benzene rings is 1. The largest absolute Gasteiger partial charge is 0.296 e. The van der Waals surface area contributed by atoms with E-state index in [4.69, 9.17) is 0 Å². The normalized spacial score (nSPS) is 22.6. The molecular formula is C13H19IN2O2S. The summed E-state index contributed by atoms with van der Waals surface area (Å²) in [6, 6.07) is 8.48. The molecule has 106 valence electrons. The van der Waals surface area contributed by atoms with E-state index in [2.05, 4.69) is 51.8 Å². The first-order valence-corrected chi connectivity index (χ1v) is 9.22. The standard InChI is InChI=1S/C13H19IN2O2S/c1-11-9-15(6-7-16(11)19(2,17)18)10-12-4-3-5-13(14)8-12/h3-5,8,11H,6-7,9-10H2,1-2H3. The van der Waals surface area contributed by atoms with E-state index in [1.165, 1.54) is 15.4 Å². The summed E-state index contributed by atoms with van der Waals surface area (Å²) >= 11 is 2.31. The molecular weight excluding hydrogens is 375 g/mol. The predicted octanol–water partition coefficient (Wildman–Crippen LogP) is 1.76. The molecule has 0 spiro atoms. The van der Waals surface area contributed by atoms with Crippen LogP contribution in [0.4, 0.5) is 0 Å². The molecule has 0 aromatic heterocycles. The van der Waals surface area contributed by atoms with Crippen molar-refractivity contribution in [3.8, 4) is 0 Å². The van der Waals surface area contributed by atoms with Gasteiger partial charge in [-0.2, -0.15) is 4.31 Å². The molecule has 1 aromatic rings. The highest BCUT2D eigenvalue weighted by Crippen LogP contribution is 2.16. The Bertz CT molecular complexity index is 547. The average molecular weight is 394 g/mol. The van der Waals surface area contributed by atoms with Crippen LogP contribution in [0, 0.1) is 3.57 Å². The molecule has 4 nitrogen and oxygen atoms in total. The Balaban J connectivity index is 1.99. The van der Waals surface area contributed by atoms with Crippen LogP contribution < -0.4 is 0 Å². The quantitative estimate of drug-likeness (QED) is 0.734. The zero-order valence-corrected chi connectivity index (χ0v) is 14.2. The first-order valence-electron chi connectivity index (χ1n) is 6.30. The van der Waals surface area contributed by atoms with Crippen molar-refractivity contribution >= 4 is 32.6 Å². The maximum Gasteiger partial charge on any atom is 0.211 e. The first-order chi connectivity index (χ1) is 8.86.